The van der Waals surface area contributed by atoms with Crippen LogP contribution in [0.2, 0.25) is 0 Å². The number of sulfonamides is 1. The normalized spacial score (nSPS) is 22.2. The predicted octanol–water partition coefficient (Wildman–Crippen LogP) is 2.99. The van der Waals surface area contributed by atoms with Gasteiger partial charge in [0.1, 0.15) is 0 Å². The topological polar surface area (TPSA) is 95.6 Å². The second-order valence-corrected chi connectivity index (χ2v) is 12.3. The number of rotatable bonds is 7. The summed E-state index contributed by atoms with van der Waals surface area (Å²) in [6.07, 6.45) is 1.99. The minimum absolute atomic E-state index is 0.00753. The molecular formula is C25H29N3O4S2. The van der Waals surface area contributed by atoms with Gasteiger partial charge in [0.15, 0.2) is 0 Å². The molecular weight excluding hydrogens is 470 g/mol. The molecule has 2 N–H and O–H groups in total. The molecule has 2 amide bonds. The van der Waals surface area contributed by atoms with E-state index in [2.05, 4.69) is 23.3 Å². The van der Waals surface area contributed by atoms with E-state index in [1.165, 1.54) is 22.5 Å². The van der Waals surface area contributed by atoms with Crippen LogP contribution in [0.1, 0.15) is 33.5 Å². The summed E-state index contributed by atoms with van der Waals surface area (Å²) in [7, 11) is -3.65. The van der Waals surface area contributed by atoms with Crippen molar-refractivity contribution in [3.05, 3.63) is 77.4 Å². The summed E-state index contributed by atoms with van der Waals surface area (Å²) in [4.78, 5) is 24.3. The molecule has 3 unspecified atom stereocenters. The molecule has 2 aromatic carbocycles. The summed E-state index contributed by atoms with van der Waals surface area (Å²) in [5.74, 6) is -0.256. The maximum atomic E-state index is 13.2. The molecule has 4 rings (SSSR count). The highest BCUT2D eigenvalue weighted by Crippen LogP contribution is 2.43. The number of amides is 2. The van der Waals surface area contributed by atoms with Crippen LogP contribution in [0.3, 0.4) is 0 Å². The number of carbonyl (C=O) groups is 2. The molecule has 0 saturated carbocycles. The quantitative estimate of drug-likeness (QED) is 0.571. The molecule has 2 heterocycles. The number of fused-ring (bicyclic) bond motifs is 1. The van der Waals surface area contributed by atoms with Gasteiger partial charge in [-0.1, -0.05) is 35.9 Å². The lowest BCUT2D eigenvalue weighted by molar-refractivity contribution is -0.116. The lowest BCUT2D eigenvalue weighted by Gasteiger charge is -2.19. The Morgan fingerprint density at radius 3 is 2.41 bits per heavy atom. The Hall–Kier alpha value is -2.62. The van der Waals surface area contributed by atoms with Gasteiger partial charge in [0.25, 0.3) is 5.91 Å². The standard InChI is InChI=1S/C25H29N3O4S2/c1-4-23(29)27-24-12-20-14-28(15-22(20)33-24)34(31,32)21-7-5-19(6-8-21)25(30)26-13-18-10-16(2)9-17(3)11-18/h4-11,20,22,24H,1,12-15H2,2-3H3,(H,26,30)(H,27,29). The van der Waals surface area contributed by atoms with Crippen LogP contribution in [-0.2, 0) is 21.4 Å². The summed E-state index contributed by atoms with van der Waals surface area (Å²) in [6, 6.07) is 12.2. The van der Waals surface area contributed by atoms with E-state index in [-0.39, 0.29) is 33.3 Å². The third kappa shape index (κ3) is 5.37. The molecule has 2 fully saturated rings. The van der Waals surface area contributed by atoms with Gasteiger partial charge >= 0.3 is 0 Å². The summed E-state index contributed by atoms with van der Waals surface area (Å²) in [6.45, 7) is 8.75. The summed E-state index contributed by atoms with van der Waals surface area (Å²) < 4.78 is 27.8. The molecule has 0 aromatic heterocycles. The van der Waals surface area contributed by atoms with Gasteiger partial charge in [0.2, 0.25) is 15.9 Å². The second-order valence-electron chi connectivity index (χ2n) is 8.90. The van der Waals surface area contributed by atoms with Crippen LogP contribution in [-0.4, -0.2) is 48.3 Å². The minimum Gasteiger partial charge on any atom is -0.348 e. The second kappa shape index (κ2) is 9.93. The molecule has 2 aliphatic heterocycles. The van der Waals surface area contributed by atoms with E-state index in [0.29, 0.717) is 25.2 Å². The van der Waals surface area contributed by atoms with Crippen LogP contribution in [0.15, 0.2) is 60.0 Å². The van der Waals surface area contributed by atoms with Crippen molar-refractivity contribution in [1.29, 1.82) is 0 Å². The maximum Gasteiger partial charge on any atom is 0.251 e. The first kappa shape index (κ1) is 24.5. The van der Waals surface area contributed by atoms with E-state index in [9.17, 15) is 18.0 Å². The number of hydrogen-bond acceptors (Lipinski definition) is 5. The van der Waals surface area contributed by atoms with Crippen molar-refractivity contribution in [2.75, 3.05) is 13.1 Å². The highest BCUT2D eigenvalue weighted by atomic mass is 32.2. The summed E-state index contributed by atoms with van der Waals surface area (Å²) in [5, 5.41) is 5.92. The molecule has 0 aliphatic carbocycles. The number of nitrogens with one attached hydrogen (secondary N) is 2. The highest BCUT2D eigenvalue weighted by Gasteiger charge is 2.45. The number of aryl methyl sites for hydroxylation is 2. The molecule has 0 spiro atoms. The van der Waals surface area contributed by atoms with Gasteiger partial charge in [-0.2, -0.15) is 4.31 Å². The first-order valence-electron chi connectivity index (χ1n) is 11.2. The van der Waals surface area contributed by atoms with Crippen molar-refractivity contribution in [3.8, 4) is 0 Å². The number of thioether (sulfide) groups is 1. The van der Waals surface area contributed by atoms with E-state index in [4.69, 9.17) is 0 Å². The van der Waals surface area contributed by atoms with Gasteiger partial charge in [-0.15, -0.1) is 11.8 Å². The first-order chi connectivity index (χ1) is 16.2. The van der Waals surface area contributed by atoms with E-state index in [1.54, 1.807) is 23.9 Å². The van der Waals surface area contributed by atoms with Crippen molar-refractivity contribution >= 4 is 33.6 Å². The number of hydrogen-bond donors (Lipinski definition) is 2. The number of nitrogens with zero attached hydrogens (tertiary/aromatic N) is 1. The van der Waals surface area contributed by atoms with Gasteiger partial charge in [0.05, 0.1) is 10.3 Å². The van der Waals surface area contributed by atoms with Crippen molar-refractivity contribution in [3.63, 3.8) is 0 Å². The SMILES string of the molecule is C=CC(=O)NC1CC2CN(S(=O)(=O)c3ccc(C(=O)NCc4cc(C)cc(C)c4)cc3)CC2S1. The summed E-state index contributed by atoms with van der Waals surface area (Å²) in [5.41, 5.74) is 3.72. The Bertz CT molecular complexity index is 1180. The van der Waals surface area contributed by atoms with Crippen LogP contribution in [0.4, 0.5) is 0 Å². The van der Waals surface area contributed by atoms with Crippen molar-refractivity contribution in [2.24, 2.45) is 5.92 Å². The van der Waals surface area contributed by atoms with Crippen molar-refractivity contribution < 1.29 is 18.0 Å². The van der Waals surface area contributed by atoms with Gasteiger partial charge in [0, 0.05) is 30.4 Å². The predicted molar refractivity (Wildman–Crippen MR) is 134 cm³/mol. The first-order valence-corrected chi connectivity index (χ1v) is 13.6. The average Bonchev–Trinajstić information content (AvgIpc) is 3.36. The zero-order valence-corrected chi connectivity index (χ0v) is 20.9. The summed E-state index contributed by atoms with van der Waals surface area (Å²) >= 11 is 1.61. The number of benzene rings is 2. The Morgan fingerprint density at radius 2 is 1.79 bits per heavy atom. The van der Waals surface area contributed by atoms with E-state index in [0.717, 1.165) is 23.1 Å². The maximum absolute atomic E-state index is 13.2. The molecule has 0 bridgehead atoms. The molecule has 7 nitrogen and oxygen atoms in total. The van der Waals surface area contributed by atoms with Crippen molar-refractivity contribution in [2.45, 2.75) is 42.3 Å². The van der Waals surface area contributed by atoms with Crippen LogP contribution < -0.4 is 10.6 Å². The molecule has 2 aliphatic rings. The molecule has 34 heavy (non-hydrogen) atoms. The minimum atomic E-state index is -3.65. The molecule has 0 radical (unpaired) electrons. The molecule has 2 saturated heterocycles. The van der Waals surface area contributed by atoms with Gasteiger partial charge < -0.3 is 10.6 Å². The van der Waals surface area contributed by atoms with E-state index < -0.39 is 10.0 Å². The molecule has 180 valence electrons. The fourth-order valence-electron chi connectivity index (χ4n) is 4.62. The Morgan fingerprint density at radius 1 is 1.12 bits per heavy atom. The lowest BCUT2D eigenvalue weighted by Crippen LogP contribution is -2.33. The molecule has 9 heteroatoms. The monoisotopic (exact) mass is 499 g/mol. The highest BCUT2D eigenvalue weighted by molar-refractivity contribution is 8.00. The lowest BCUT2D eigenvalue weighted by atomic mass is 10.1. The smallest absolute Gasteiger partial charge is 0.251 e. The van der Waals surface area contributed by atoms with Crippen LogP contribution >= 0.6 is 11.8 Å². The average molecular weight is 500 g/mol. The molecule has 2 aromatic rings. The van der Waals surface area contributed by atoms with Gasteiger partial charge in [-0.3, -0.25) is 9.59 Å². The fourth-order valence-corrected chi connectivity index (χ4v) is 7.88. The third-order valence-corrected chi connectivity index (χ3v) is 9.55. The van der Waals surface area contributed by atoms with E-state index in [1.807, 2.05) is 26.0 Å². The fraction of sp³-hybridized carbons (Fsp3) is 0.360. The largest absolute Gasteiger partial charge is 0.348 e. The zero-order chi connectivity index (χ0) is 24.5. The number of carbonyl (C=O) groups excluding carboxylic acids is 2. The van der Waals surface area contributed by atoms with Gasteiger partial charge in [-0.25, -0.2) is 8.42 Å². The zero-order valence-electron chi connectivity index (χ0n) is 19.3. The third-order valence-electron chi connectivity index (χ3n) is 6.18. The van der Waals surface area contributed by atoms with Crippen LogP contribution in [0, 0.1) is 19.8 Å². The van der Waals surface area contributed by atoms with Gasteiger partial charge in [-0.05, 0) is 62.1 Å². The van der Waals surface area contributed by atoms with E-state index >= 15 is 0 Å². The Labute approximate surface area is 205 Å². The van der Waals surface area contributed by atoms with Crippen molar-refractivity contribution in [1.82, 2.24) is 14.9 Å². The molecule has 3 atom stereocenters. The Kier molecular flexibility index (Phi) is 7.16. The van der Waals surface area contributed by atoms with Crippen LogP contribution in [0.25, 0.3) is 0 Å². The Balaban J connectivity index is 1.35. The van der Waals surface area contributed by atoms with Crippen LogP contribution in [0.5, 0.6) is 0 Å².